The van der Waals surface area contributed by atoms with Gasteiger partial charge in [-0.2, -0.15) is 0 Å². The average Bonchev–Trinajstić information content (AvgIpc) is 2.89. The Morgan fingerprint density at radius 3 is 2.43 bits per heavy atom. The quantitative estimate of drug-likeness (QED) is 0.717. The van der Waals surface area contributed by atoms with E-state index in [4.69, 9.17) is 9.47 Å². The fourth-order valence-electron chi connectivity index (χ4n) is 2.57. The number of aromatic nitrogens is 1. The largest absolute Gasteiger partial charge is 0.497 e. The van der Waals surface area contributed by atoms with Crippen molar-refractivity contribution in [3.8, 4) is 17.4 Å². The molecule has 0 saturated heterocycles. The molecule has 2 N–H and O–H groups in total. The number of aromatic hydroxyl groups is 1. The van der Waals surface area contributed by atoms with Gasteiger partial charge in [0, 0.05) is 35.3 Å². The molecule has 0 bridgehead atoms. The molecule has 118 valence electrons. The van der Waals surface area contributed by atoms with Gasteiger partial charge in [-0.25, -0.2) is 0 Å². The second kappa shape index (κ2) is 6.04. The van der Waals surface area contributed by atoms with Gasteiger partial charge in [0.25, 0.3) is 0 Å². The Labute approximate surface area is 134 Å². The lowest BCUT2D eigenvalue weighted by atomic mass is 10.1. The van der Waals surface area contributed by atoms with E-state index in [0.717, 1.165) is 16.5 Å². The number of rotatable bonds is 4. The minimum Gasteiger partial charge on any atom is -0.497 e. The van der Waals surface area contributed by atoms with Gasteiger partial charge in [-0.3, -0.25) is 4.99 Å². The van der Waals surface area contributed by atoms with Crippen molar-refractivity contribution in [1.82, 2.24) is 4.98 Å². The fraction of sp³-hybridized carbons (Fsp3) is 0.167. The van der Waals surface area contributed by atoms with Crippen LogP contribution in [0.2, 0.25) is 0 Å². The number of aryl methyl sites for hydroxylation is 1. The molecule has 5 heteroatoms. The minimum atomic E-state index is 0.105. The number of aromatic amines is 1. The molecule has 3 rings (SSSR count). The molecular weight excluding hydrogens is 292 g/mol. The zero-order chi connectivity index (χ0) is 16.4. The predicted octanol–water partition coefficient (Wildman–Crippen LogP) is 3.95. The van der Waals surface area contributed by atoms with Gasteiger partial charge >= 0.3 is 0 Å². The predicted molar refractivity (Wildman–Crippen MR) is 91.5 cm³/mol. The van der Waals surface area contributed by atoms with Gasteiger partial charge in [0.15, 0.2) is 5.88 Å². The van der Waals surface area contributed by atoms with Gasteiger partial charge < -0.3 is 19.6 Å². The molecule has 0 aliphatic heterocycles. The molecule has 0 aliphatic rings. The number of nitrogens with one attached hydrogen (secondary N) is 1. The molecule has 0 saturated carbocycles. The van der Waals surface area contributed by atoms with Gasteiger partial charge in [0.2, 0.25) is 0 Å². The van der Waals surface area contributed by atoms with Crippen LogP contribution in [-0.2, 0) is 0 Å². The van der Waals surface area contributed by atoms with Crippen molar-refractivity contribution in [3.63, 3.8) is 0 Å². The van der Waals surface area contributed by atoms with E-state index < -0.39 is 0 Å². The van der Waals surface area contributed by atoms with Crippen LogP contribution in [0.3, 0.4) is 0 Å². The molecule has 0 fully saturated rings. The van der Waals surface area contributed by atoms with Gasteiger partial charge in [-0.15, -0.1) is 0 Å². The first-order chi connectivity index (χ1) is 11.1. The summed E-state index contributed by atoms with van der Waals surface area (Å²) in [6.45, 7) is 2.00. The summed E-state index contributed by atoms with van der Waals surface area (Å²) in [7, 11) is 3.19. The number of methoxy groups -OCH3 is 2. The van der Waals surface area contributed by atoms with E-state index in [9.17, 15) is 5.11 Å². The van der Waals surface area contributed by atoms with Crippen molar-refractivity contribution in [1.29, 1.82) is 0 Å². The highest BCUT2D eigenvalue weighted by Crippen LogP contribution is 2.31. The third-order valence-electron chi connectivity index (χ3n) is 3.73. The molecule has 0 amide bonds. The van der Waals surface area contributed by atoms with E-state index in [0.29, 0.717) is 22.7 Å². The lowest BCUT2D eigenvalue weighted by Gasteiger charge is -2.05. The van der Waals surface area contributed by atoms with Crippen LogP contribution < -0.4 is 9.47 Å². The number of aliphatic imine (C=N–C) groups is 1. The molecule has 5 nitrogen and oxygen atoms in total. The summed E-state index contributed by atoms with van der Waals surface area (Å²) in [6, 6.07) is 11.3. The summed E-state index contributed by atoms with van der Waals surface area (Å²) in [5.41, 5.74) is 3.30. The van der Waals surface area contributed by atoms with Gasteiger partial charge in [-0.05, 0) is 18.6 Å². The molecule has 1 heterocycles. The zero-order valence-corrected chi connectivity index (χ0v) is 13.3. The molecule has 0 radical (unpaired) electrons. The maximum atomic E-state index is 10.1. The maximum absolute atomic E-state index is 10.1. The monoisotopic (exact) mass is 310 g/mol. The van der Waals surface area contributed by atoms with E-state index in [1.165, 1.54) is 0 Å². The van der Waals surface area contributed by atoms with Crippen molar-refractivity contribution in [2.45, 2.75) is 6.92 Å². The van der Waals surface area contributed by atoms with Crippen LogP contribution in [0, 0.1) is 6.92 Å². The lowest BCUT2D eigenvalue weighted by molar-refractivity contribution is 0.394. The normalized spacial score (nSPS) is 11.3. The molecule has 1 aromatic heterocycles. The third-order valence-corrected chi connectivity index (χ3v) is 3.73. The maximum Gasteiger partial charge on any atom is 0.198 e. The standard InChI is InChI=1S/C18H18N2O3/c1-11-5-4-6-16-17(11)15(18(21)20-16)10-19-12-7-13(22-2)9-14(8-12)23-3/h4-10,20-21H,1-3H3. The third kappa shape index (κ3) is 2.85. The zero-order valence-electron chi connectivity index (χ0n) is 13.3. The Hall–Kier alpha value is -2.95. The summed E-state index contributed by atoms with van der Waals surface area (Å²) in [4.78, 5) is 7.42. The van der Waals surface area contributed by atoms with Gasteiger partial charge in [-0.1, -0.05) is 12.1 Å². The molecule has 0 atom stereocenters. The Morgan fingerprint density at radius 2 is 1.78 bits per heavy atom. The van der Waals surface area contributed by atoms with E-state index in [2.05, 4.69) is 9.98 Å². The van der Waals surface area contributed by atoms with Crippen molar-refractivity contribution >= 4 is 22.8 Å². The number of hydrogen-bond donors (Lipinski definition) is 2. The second-order valence-corrected chi connectivity index (χ2v) is 5.21. The van der Waals surface area contributed by atoms with Crippen LogP contribution in [0.4, 0.5) is 5.69 Å². The fourth-order valence-corrected chi connectivity index (χ4v) is 2.57. The SMILES string of the molecule is COc1cc(N=Cc2c(O)[nH]c3cccc(C)c23)cc(OC)c1. The Balaban J connectivity index is 2.05. The highest BCUT2D eigenvalue weighted by molar-refractivity contribution is 6.04. The van der Waals surface area contributed by atoms with Crippen LogP contribution in [-0.4, -0.2) is 30.5 Å². The first kappa shape index (κ1) is 15.0. The topological polar surface area (TPSA) is 66.8 Å². The van der Waals surface area contributed by atoms with Crippen LogP contribution >= 0.6 is 0 Å². The van der Waals surface area contributed by atoms with Crippen molar-refractivity contribution in [2.75, 3.05) is 14.2 Å². The summed E-state index contributed by atoms with van der Waals surface area (Å²) in [5, 5.41) is 11.1. The first-order valence-corrected chi connectivity index (χ1v) is 7.19. The number of nitrogens with zero attached hydrogens (tertiary/aromatic N) is 1. The van der Waals surface area contributed by atoms with E-state index in [1.807, 2.05) is 25.1 Å². The Kier molecular flexibility index (Phi) is 3.93. The summed E-state index contributed by atoms with van der Waals surface area (Å²) < 4.78 is 10.5. The highest BCUT2D eigenvalue weighted by Gasteiger charge is 2.10. The molecule has 0 aliphatic carbocycles. The number of hydrogen-bond acceptors (Lipinski definition) is 4. The Morgan fingerprint density at radius 1 is 1.09 bits per heavy atom. The molecule has 2 aromatic carbocycles. The van der Waals surface area contributed by atoms with Crippen molar-refractivity contribution < 1.29 is 14.6 Å². The second-order valence-electron chi connectivity index (χ2n) is 5.21. The number of fused-ring (bicyclic) bond motifs is 1. The van der Waals surface area contributed by atoms with E-state index in [1.54, 1.807) is 38.6 Å². The number of H-pyrrole nitrogens is 1. The van der Waals surface area contributed by atoms with Crippen LogP contribution in [0.1, 0.15) is 11.1 Å². The average molecular weight is 310 g/mol. The van der Waals surface area contributed by atoms with E-state index in [-0.39, 0.29) is 5.88 Å². The lowest BCUT2D eigenvalue weighted by Crippen LogP contribution is -1.87. The smallest absolute Gasteiger partial charge is 0.198 e. The molecule has 3 aromatic rings. The number of benzene rings is 2. The molecule has 23 heavy (non-hydrogen) atoms. The van der Waals surface area contributed by atoms with Crippen LogP contribution in [0.25, 0.3) is 10.9 Å². The number of ether oxygens (including phenoxy) is 2. The highest BCUT2D eigenvalue weighted by atomic mass is 16.5. The summed E-state index contributed by atoms with van der Waals surface area (Å²) >= 11 is 0. The van der Waals surface area contributed by atoms with Crippen molar-refractivity contribution in [3.05, 3.63) is 47.5 Å². The summed E-state index contributed by atoms with van der Waals surface area (Å²) in [5.74, 6) is 1.43. The summed E-state index contributed by atoms with van der Waals surface area (Å²) in [6.07, 6.45) is 1.65. The van der Waals surface area contributed by atoms with Crippen LogP contribution in [0.5, 0.6) is 17.4 Å². The van der Waals surface area contributed by atoms with Crippen molar-refractivity contribution in [2.24, 2.45) is 4.99 Å². The van der Waals surface area contributed by atoms with Gasteiger partial charge in [0.05, 0.1) is 25.5 Å². The van der Waals surface area contributed by atoms with E-state index >= 15 is 0 Å². The molecule has 0 unspecified atom stereocenters. The Bertz CT molecular complexity index is 859. The molecular formula is C18H18N2O3. The minimum absolute atomic E-state index is 0.105. The molecule has 0 spiro atoms. The first-order valence-electron chi connectivity index (χ1n) is 7.19. The van der Waals surface area contributed by atoms with Gasteiger partial charge in [0.1, 0.15) is 11.5 Å². The van der Waals surface area contributed by atoms with Crippen LogP contribution in [0.15, 0.2) is 41.4 Å².